The summed E-state index contributed by atoms with van der Waals surface area (Å²) in [4.78, 5) is 18.6. The van der Waals surface area contributed by atoms with Crippen LogP contribution < -0.4 is 10.6 Å². The molecule has 0 bridgehead atoms. The number of hydrogen-bond acceptors (Lipinski definition) is 4. The van der Waals surface area contributed by atoms with E-state index in [-0.39, 0.29) is 12.1 Å². The second-order valence-corrected chi connectivity index (χ2v) is 5.90. The van der Waals surface area contributed by atoms with E-state index in [1.807, 2.05) is 23.9 Å². The van der Waals surface area contributed by atoms with E-state index in [0.717, 1.165) is 5.82 Å². The molecule has 0 saturated carbocycles. The molecule has 2 aromatic heterocycles. The highest BCUT2D eigenvalue weighted by atomic mass is 32.1. The normalized spacial score (nSPS) is 12.1. The van der Waals surface area contributed by atoms with Crippen LogP contribution in [-0.2, 0) is 7.05 Å². The van der Waals surface area contributed by atoms with E-state index < -0.39 is 0 Å². The third kappa shape index (κ3) is 4.05. The van der Waals surface area contributed by atoms with Crippen molar-refractivity contribution in [3.05, 3.63) is 40.6 Å². The van der Waals surface area contributed by atoms with Crippen LogP contribution in [0.1, 0.15) is 16.7 Å². The van der Waals surface area contributed by atoms with Crippen molar-refractivity contribution in [1.29, 1.82) is 0 Å². The second-order valence-electron chi connectivity index (χ2n) is 4.93. The van der Waals surface area contributed by atoms with E-state index in [9.17, 15) is 4.79 Å². The van der Waals surface area contributed by atoms with E-state index in [1.165, 1.54) is 9.78 Å². The predicted molar refractivity (Wildman–Crippen MR) is 84.5 cm³/mol. The molecule has 21 heavy (non-hydrogen) atoms. The van der Waals surface area contributed by atoms with Gasteiger partial charge in [-0.3, -0.25) is 0 Å². The summed E-state index contributed by atoms with van der Waals surface area (Å²) in [5.41, 5.74) is 0. The fourth-order valence-electron chi connectivity index (χ4n) is 1.97. The lowest BCUT2D eigenvalue weighted by molar-refractivity contribution is 0.217. The van der Waals surface area contributed by atoms with Gasteiger partial charge in [-0.05, 0) is 11.4 Å². The molecule has 0 radical (unpaired) electrons. The average Bonchev–Trinajstić information content (AvgIpc) is 3.10. The molecular weight excluding hydrogens is 286 g/mol. The molecule has 7 heteroatoms. The van der Waals surface area contributed by atoms with Crippen LogP contribution in [0.25, 0.3) is 0 Å². The maximum Gasteiger partial charge on any atom is 0.316 e. The van der Waals surface area contributed by atoms with Gasteiger partial charge in [0.05, 0.1) is 0 Å². The number of urea groups is 1. The van der Waals surface area contributed by atoms with E-state index in [4.69, 9.17) is 0 Å². The highest BCUT2D eigenvalue weighted by Gasteiger charge is 2.18. The highest BCUT2D eigenvalue weighted by Crippen LogP contribution is 2.24. The van der Waals surface area contributed by atoms with Gasteiger partial charge < -0.3 is 20.1 Å². The van der Waals surface area contributed by atoms with Crippen LogP contribution in [0.3, 0.4) is 0 Å². The Bertz CT molecular complexity index is 564. The number of carbonyl (C=O) groups excluding carboxylic acids is 1. The minimum Gasteiger partial charge on any atom is -0.337 e. The minimum absolute atomic E-state index is 0.0428. The van der Waals surface area contributed by atoms with Crippen molar-refractivity contribution in [3.8, 4) is 0 Å². The molecule has 0 aromatic carbocycles. The number of thiophene rings is 1. The summed E-state index contributed by atoms with van der Waals surface area (Å²) >= 11 is 1.70. The lowest BCUT2D eigenvalue weighted by Crippen LogP contribution is -2.39. The summed E-state index contributed by atoms with van der Waals surface area (Å²) < 4.78 is 2.01. The van der Waals surface area contributed by atoms with Crippen molar-refractivity contribution in [2.75, 3.05) is 27.2 Å². The Balaban J connectivity index is 1.95. The molecule has 0 aliphatic rings. The van der Waals surface area contributed by atoms with Gasteiger partial charge in [0.1, 0.15) is 11.9 Å². The Morgan fingerprint density at radius 3 is 2.86 bits per heavy atom. The van der Waals surface area contributed by atoms with Crippen LogP contribution in [0.15, 0.2) is 29.9 Å². The maximum absolute atomic E-state index is 11.5. The number of rotatable bonds is 6. The first-order valence-corrected chi connectivity index (χ1v) is 7.66. The molecule has 2 amide bonds. The van der Waals surface area contributed by atoms with Gasteiger partial charge in [0.2, 0.25) is 0 Å². The Labute approximate surface area is 128 Å². The third-order valence-electron chi connectivity index (χ3n) is 3.10. The quantitative estimate of drug-likeness (QED) is 0.794. The monoisotopic (exact) mass is 307 g/mol. The Kier molecular flexibility index (Phi) is 5.35. The van der Waals surface area contributed by atoms with Crippen molar-refractivity contribution >= 4 is 17.4 Å². The molecule has 6 nitrogen and oxygen atoms in total. The van der Waals surface area contributed by atoms with Crippen molar-refractivity contribution in [1.82, 2.24) is 25.1 Å². The second kappa shape index (κ2) is 7.24. The number of nitrogens with one attached hydrogen (secondary N) is 2. The van der Waals surface area contributed by atoms with Crippen molar-refractivity contribution < 1.29 is 4.79 Å². The average molecular weight is 307 g/mol. The van der Waals surface area contributed by atoms with Gasteiger partial charge in [-0.1, -0.05) is 6.07 Å². The van der Waals surface area contributed by atoms with Crippen LogP contribution in [0, 0.1) is 0 Å². The largest absolute Gasteiger partial charge is 0.337 e. The first-order chi connectivity index (χ1) is 10.1. The van der Waals surface area contributed by atoms with Crippen LogP contribution >= 0.6 is 11.3 Å². The first-order valence-electron chi connectivity index (χ1n) is 6.78. The zero-order chi connectivity index (χ0) is 15.2. The van der Waals surface area contributed by atoms with E-state index in [1.54, 1.807) is 31.6 Å². The van der Waals surface area contributed by atoms with Crippen molar-refractivity contribution in [2.45, 2.75) is 6.04 Å². The van der Waals surface area contributed by atoms with Gasteiger partial charge >= 0.3 is 6.03 Å². The van der Waals surface area contributed by atoms with E-state index in [0.29, 0.717) is 13.1 Å². The van der Waals surface area contributed by atoms with Crippen LogP contribution in [0.2, 0.25) is 0 Å². The number of aromatic nitrogens is 2. The zero-order valence-corrected chi connectivity index (χ0v) is 13.4. The summed E-state index contributed by atoms with van der Waals surface area (Å²) in [6.45, 7) is 1.25. The Morgan fingerprint density at radius 1 is 1.48 bits per heavy atom. The molecule has 0 spiro atoms. The third-order valence-corrected chi connectivity index (χ3v) is 4.04. The standard InChI is InChI=1S/C14H21N5OS/c1-18(2)14(20)17-7-6-15-12(11-5-4-10-21-11)13-16-8-9-19(13)3/h4-5,8-10,12,15H,6-7H2,1-3H3,(H,17,20). The molecule has 2 N–H and O–H groups in total. The number of amides is 2. The first kappa shape index (κ1) is 15.5. The van der Waals surface area contributed by atoms with E-state index >= 15 is 0 Å². The lowest BCUT2D eigenvalue weighted by atomic mass is 10.2. The molecule has 0 aliphatic carbocycles. The smallest absolute Gasteiger partial charge is 0.316 e. The fourth-order valence-corrected chi connectivity index (χ4v) is 2.77. The topological polar surface area (TPSA) is 62.2 Å². The highest BCUT2D eigenvalue weighted by molar-refractivity contribution is 7.10. The Hall–Kier alpha value is -1.86. The van der Waals surface area contributed by atoms with Gasteiger partial charge in [0, 0.05) is 51.5 Å². The fraction of sp³-hybridized carbons (Fsp3) is 0.429. The summed E-state index contributed by atoms with van der Waals surface area (Å²) in [5, 5.41) is 8.35. The summed E-state index contributed by atoms with van der Waals surface area (Å²) in [5.74, 6) is 0.969. The summed E-state index contributed by atoms with van der Waals surface area (Å²) in [7, 11) is 5.44. The zero-order valence-electron chi connectivity index (χ0n) is 12.5. The van der Waals surface area contributed by atoms with Gasteiger partial charge in [-0.25, -0.2) is 9.78 Å². The summed E-state index contributed by atoms with van der Waals surface area (Å²) in [6, 6.07) is 4.09. The molecule has 2 rings (SSSR count). The van der Waals surface area contributed by atoms with Crippen molar-refractivity contribution in [3.63, 3.8) is 0 Å². The number of hydrogen-bond donors (Lipinski definition) is 2. The van der Waals surface area contributed by atoms with Crippen LogP contribution in [0.5, 0.6) is 0 Å². The predicted octanol–water partition coefficient (Wildman–Crippen LogP) is 1.43. The molecule has 114 valence electrons. The molecule has 0 aliphatic heterocycles. The number of nitrogens with zero attached hydrogens (tertiary/aromatic N) is 3. The maximum atomic E-state index is 11.5. The molecule has 1 atom stereocenters. The Morgan fingerprint density at radius 2 is 2.29 bits per heavy atom. The minimum atomic E-state index is -0.0820. The molecule has 0 fully saturated rings. The van der Waals surface area contributed by atoms with Crippen LogP contribution in [0.4, 0.5) is 4.79 Å². The van der Waals surface area contributed by atoms with Crippen molar-refractivity contribution in [2.24, 2.45) is 7.05 Å². The lowest BCUT2D eigenvalue weighted by Gasteiger charge is -2.18. The molecule has 2 heterocycles. The number of imidazole rings is 1. The van der Waals surface area contributed by atoms with Gasteiger partial charge in [-0.15, -0.1) is 11.3 Å². The number of carbonyl (C=O) groups is 1. The summed E-state index contributed by atoms with van der Waals surface area (Å²) in [6.07, 6.45) is 3.73. The SMILES string of the molecule is CN(C)C(=O)NCCNC(c1cccs1)c1nccn1C. The van der Waals surface area contributed by atoms with Crippen LogP contribution in [-0.4, -0.2) is 47.7 Å². The van der Waals surface area contributed by atoms with Gasteiger partial charge in [0.25, 0.3) is 0 Å². The molecule has 2 aromatic rings. The molecular formula is C14H21N5OS. The molecule has 0 saturated heterocycles. The van der Waals surface area contributed by atoms with Gasteiger partial charge in [0.15, 0.2) is 0 Å². The van der Waals surface area contributed by atoms with E-state index in [2.05, 4.69) is 27.1 Å². The number of aryl methyl sites for hydroxylation is 1. The molecule has 1 unspecified atom stereocenters. The van der Waals surface area contributed by atoms with Gasteiger partial charge in [-0.2, -0.15) is 0 Å².